The van der Waals surface area contributed by atoms with Crippen molar-refractivity contribution in [2.24, 2.45) is 0 Å². The lowest BCUT2D eigenvalue weighted by Crippen LogP contribution is -2.48. The highest BCUT2D eigenvalue weighted by Gasteiger charge is 2.23. The Hall–Kier alpha value is -1.14. The van der Waals surface area contributed by atoms with Crippen LogP contribution in [0.25, 0.3) is 0 Å². The topological polar surface area (TPSA) is 70.7 Å². The molecule has 2 N–H and O–H groups in total. The summed E-state index contributed by atoms with van der Waals surface area (Å²) in [6.07, 6.45) is 2.13. The van der Waals surface area contributed by atoms with E-state index in [1.807, 2.05) is 13.8 Å². The number of rotatable bonds is 7. The largest absolute Gasteiger partial charge is 0.375 e. The highest BCUT2D eigenvalue weighted by molar-refractivity contribution is 5.78. The van der Waals surface area contributed by atoms with E-state index in [9.17, 15) is 9.59 Å². The molecular weight excluding hydrogens is 258 g/mol. The highest BCUT2D eigenvalue weighted by atomic mass is 16.5. The van der Waals surface area contributed by atoms with Crippen LogP contribution in [-0.4, -0.2) is 62.1 Å². The normalized spacial score (nSPS) is 17.9. The molecule has 6 heteroatoms. The van der Waals surface area contributed by atoms with Gasteiger partial charge in [0, 0.05) is 38.7 Å². The summed E-state index contributed by atoms with van der Waals surface area (Å²) in [5.74, 6) is 0.109. The van der Waals surface area contributed by atoms with E-state index in [1.54, 1.807) is 4.90 Å². The van der Waals surface area contributed by atoms with E-state index in [4.69, 9.17) is 4.74 Å². The zero-order valence-corrected chi connectivity index (χ0v) is 12.8. The van der Waals surface area contributed by atoms with E-state index in [0.717, 1.165) is 19.4 Å². The molecule has 116 valence electrons. The Morgan fingerprint density at radius 2 is 2.00 bits per heavy atom. The van der Waals surface area contributed by atoms with Crippen molar-refractivity contribution in [3.63, 3.8) is 0 Å². The number of likely N-dealkylation sites (tertiary alicyclic amines) is 1. The smallest absolute Gasteiger partial charge is 0.248 e. The monoisotopic (exact) mass is 285 g/mol. The Balaban J connectivity index is 2.25. The molecule has 0 aliphatic carbocycles. The van der Waals surface area contributed by atoms with Crippen molar-refractivity contribution in [2.75, 3.05) is 33.4 Å². The van der Waals surface area contributed by atoms with Gasteiger partial charge in [-0.05, 0) is 26.3 Å². The average Bonchev–Trinajstić information content (AvgIpc) is 2.39. The second-order valence-corrected chi connectivity index (χ2v) is 5.32. The minimum atomic E-state index is 0.0260. The molecule has 1 atom stereocenters. The van der Waals surface area contributed by atoms with Crippen molar-refractivity contribution in [1.82, 2.24) is 15.5 Å². The van der Waals surface area contributed by atoms with Crippen LogP contribution in [0.4, 0.5) is 0 Å². The van der Waals surface area contributed by atoms with Crippen molar-refractivity contribution >= 4 is 11.8 Å². The van der Waals surface area contributed by atoms with E-state index in [1.165, 1.54) is 7.11 Å². The lowest BCUT2D eigenvalue weighted by molar-refractivity contribution is -0.136. The summed E-state index contributed by atoms with van der Waals surface area (Å²) in [6, 6.07) is 0.381. The van der Waals surface area contributed by atoms with Crippen LogP contribution in [0.15, 0.2) is 0 Å². The summed E-state index contributed by atoms with van der Waals surface area (Å²) in [6.45, 7) is 6.42. The van der Waals surface area contributed by atoms with Gasteiger partial charge in [-0.3, -0.25) is 9.59 Å². The molecule has 1 unspecified atom stereocenters. The zero-order valence-electron chi connectivity index (χ0n) is 12.8. The Bertz CT molecular complexity index is 315. The Morgan fingerprint density at radius 3 is 2.55 bits per heavy atom. The third-order valence-corrected chi connectivity index (χ3v) is 3.52. The van der Waals surface area contributed by atoms with Crippen molar-refractivity contribution in [2.45, 2.75) is 45.2 Å². The van der Waals surface area contributed by atoms with Gasteiger partial charge in [0.1, 0.15) is 6.61 Å². The van der Waals surface area contributed by atoms with Crippen LogP contribution in [0.5, 0.6) is 0 Å². The number of hydrogen-bond donors (Lipinski definition) is 2. The van der Waals surface area contributed by atoms with Crippen LogP contribution in [0.2, 0.25) is 0 Å². The van der Waals surface area contributed by atoms with E-state index in [0.29, 0.717) is 19.5 Å². The maximum absolute atomic E-state index is 11.9. The predicted molar refractivity (Wildman–Crippen MR) is 77.4 cm³/mol. The molecule has 1 fully saturated rings. The lowest BCUT2D eigenvalue weighted by atomic mass is 10.0. The molecule has 0 radical (unpaired) electrons. The first-order valence-electron chi connectivity index (χ1n) is 7.36. The van der Waals surface area contributed by atoms with Crippen LogP contribution in [0, 0.1) is 0 Å². The van der Waals surface area contributed by atoms with Gasteiger partial charge in [0.25, 0.3) is 0 Å². The molecule has 1 saturated heterocycles. The predicted octanol–water partition coefficient (Wildman–Crippen LogP) is 0.128. The van der Waals surface area contributed by atoms with Gasteiger partial charge in [0.2, 0.25) is 11.8 Å². The number of carbonyl (C=O) groups excluding carboxylic acids is 2. The number of hydrogen-bond acceptors (Lipinski definition) is 4. The quantitative estimate of drug-likeness (QED) is 0.697. The minimum absolute atomic E-state index is 0.0260. The standard InChI is InChI=1S/C14H27N3O3/c1-4-15-11(2)9-13(18)16-12-5-7-17(8-6-12)14(19)10-20-3/h11-12,15H,4-10H2,1-3H3,(H,16,18). The van der Waals surface area contributed by atoms with Crippen LogP contribution in [-0.2, 0) is 14.3 Å². The first-order valence-corrected chi connectivity index (χ1v) is 7.36. The molecule has 0 bridgehead atoms. The molecular formula is C14H27N3O3. The molecule has 2 amide bonds. The fraction of sp³-hybridized carbons (Fsp3) is 0.857. The molecule has 1 rings (SSSR count). The fourth-order valence-electron chi connectivity index (χ4n) is 2.47. The van der Waals surface area contributed by atoms with Gasteiger partial charge < -0.3 is 20.3 Å². The molecule has 6 nitrogen and oxygen atoms in total. The van der Waals surface area contributed by atoms with Crippen molar-refractivity contribution in [1.29, 1.82) is 0 Å². The van der Waals surface area contributed by atoms with Crippen molar-refractivity contribution < 1.29 is 14.3 Å². The van der Waals surface area contributed by atoms with Crippen molar-refractivity contribution in [3.8, 4) is 0 Å². The minimum Gasteiger partial charge on any atom is -0.375 e. The molecule has 0 aromatic rings. The van der Waals surface area contributed by atoms with E-state index >= 15 is 0 Å². The van der Waals surface area contributed by atoms with Gasteiger partial charge in [-0.2, -0.15) is 0 Å². The Kier molecular flexibility index (Phi) is 7.54. The first kappa shape index (κ1) is 16.9. The van der Waals surface area contributed by atoms with Gasteiger partial charge in [0.15, 0.2) is 0 Å². The maximum Gasteiger partial charge on any atom is 0.248 e. The van der Waals surface area contributed by atoms with E-state index < -0.39 is 0 Å². The summed E-state index contributed by atoms with van der Waals surface area (Å²) >= 11 is 0. The van der Waals surface area contributed by atoms with Crippen LogP contribution in [0.1, 0.15) is 33.1 Å². The second kappa shape index (κ2) is 8.92. The van der Waals surface area contributed by atoms with E-state index in [-0.39, 0.29) is 30.5 Å². The molecule has 0 aromatic heterocycles. The maximum atomic E-state index is 11.9. The molecule has 1 aliphatic heterocycles. The van der Waals surface area contributed by atoms with Gasteiger partial charge in [-0.1, -0.05) is 6.92 Å². The average molecular weight is 285 g/mol. The summed E-state index contributed by atoms with van der Waals surface area (Å²) in [4.78, 5) is 25.3. The van der Waals surface area contributed by atoms with Gasteiger partial charge in [-0.15, -0.1) is 0 Å². The summed E-state index contributed by atoms with van der Waals surface area (Å²) in [7, 11) is 1.52. The van der Waals surface area contributed by atoms with Crippen LogP contribution >= 0.6 is 0 Å². The number of ether oxygens (including phenoxy) is 1. The number of amides is 2. The summed E-state index contributed by atoms with van der Waals surface area (Å²) in [5, 5.41) is 6.27. The molecule has 20 heavy (non-hydrogen) atoms. The van der Waals surface area contributed by atoms with Crippen LogP contribution < -0.4 is 10.6 Å². The number of nitrogens with one attached hydrogen (secondary N) is 2. The molecule has 1 aliphatic rings. The summed E-state index contributed by atoms with van der Waals surface area (Å²) in [5.41, 5.74) is 0. The third-order valence-electron chi connectivity index (χ3n) is 3.52. The molecule has 0 aromatic carbocycles. The second-order valence-electron chi connectivity index (χ2n) is 5.32. The summed E-state index contributed by atoms with van der Waals surface area (Å²) < 4.78 is 4.85. The SMILES string of the molecule is CCNC(C)CC(=O)NC1CCN(C(=O)COC)CC1. The first-order chi connectivity index (χ1) is 9.56. The third kappa shape index (κ3) is 5.88. The number of methoxy groups -OCH3 is 1. The number of piperidine rings is 1. The zero-order chi connectivity index (χ0) is 15.0. The Labute approximate surface area is 121 Å². The fourth-order valence-corrected chi connectivity index (χ4v) is 2.47. The highest BCUT2D eigenvalue weighted by Crippen LogP contribution is 2.11. The molecule has 0 saturated carbocycles. The van der Waals surface area contributed by atoms with Gasteiger partial charge in [0.05, 0.1) is 0 Å². The van der Waals surface area contributed by atoms with Gasteiger partial charge >= 0.3 is 0 Å². The number of carbonyl (C=O) groups is 2. The lowest BCUT2D eigenvalue weighted by Gasteiger charge is -2.32. The Morgan fingerprint density at radius 1 is 1.35 bits per heavy atom. The van der Waals surface area contributed by atoms with Crippen LogP contribution in [0.3, 0.4) is 0 Å². The number of nitrogens with zero attached hydrogens (tertiary/aromatic N) is 1. The molecule has 0 spiro atoms. The van der Waals surface area contributed by atoms with Gasteiger partial charge in [-0.25, -0.2) is 0 Å². The van der Waals surface area contributed by atoms with Crippen molar-refractivity contribution in [3.05, 3.63) is 0 Å². The van der Waals surface area contributed by atoms with E-state index in [2.05, 4.69) is 10.6 Å². The molecule has 1 heterocycles.